The average molecular weight is 164 g/mol. The van der Waals surface area contributed by atoms with Gasteiger partial charge in [0.05, 0.1) is 0 Å². The smallest absolute Gasteiger partial charge is 0.221 e. The molecule has 2 heterocycles. The minimum atomic E-state index is 0.350. The van der Waals surface area contributed by atoms with Gasteiger partial charge >= 0.3 is 0 Å². The van der Waals surface area contributed by atoms with Gasteiger partial charge in [0.15, 0.2) is 0 Å². The first kappa shape index (κ1) is 7.34. The normalized spacial score (nSPS) is 16.0. The lowest BCUT2D eigenvalue weighted by atomic mass is 10.2. The molecule has 1 aliphatic rings. The van der Waals surface area contributed by atoms with Gasteiger partial charge in [-0.15, -0.1) is 0 Å². The minimum absolute atomic E-state index is 0.350. The van der Waals surface area contributed by atoms with Crippen molar-refractivity contribution in [2.45, 2.75) is 19.3 Å². The highest BCUT2D eigenvalue weighted by molar-refractivity contribution is 5.46. The largest absolute Gasteiger partial charge is 0.370 e. The highest BCUT2D eigenvalue weighted by Gasteiger charge is 2.08. The molecule has 0 aromatic carbocycles. The van der Waals surface area contributed by atoms with E-state index in [1.165, 1.54) is 18.4 Å². The van der Waals surface area contributed by atoms with Crippen LogP contribution in [-0.2, 0) is 6.42 Å². The topological polar surface area (TPSA) is 63.8 Å². The highest BCUT2D eigenvalue weighted by Crippen LogP contribution is 2.18. The predicted octanol–water partition coefficient (Wildman–Crippen LogP) is 0.807. The van der Waals surface area contributed by atoms with Crippen molar-refractivity contribution in [3.05, 3.63) is 11.8 Å². The maximum Gasteiger partial charge on any atom is 0.221 e. The molecule has 3 N–H and O–H groups in total. The molecular formula is C8H12N4. The number of hydrogen-bond acceptors (Lipinski definition) is 4. The van der Waals surface area contributed by atoms with E-state index in [0.29, 0.717) is 5.95 Å². The maximum atomic E-state index is 5.47. The van der Waals surface area contributed by atoms with Crippen molar-refractivity contribution in [2.75, 3.05) is 17.6 Å². The number of hydrogen-bond donors (Lipinski definition) is 2. The Morgan fingerprint density at radius 3 is 3.25 bits per heavy atom. The van der Waals surface area contributed by atoms with Crippen molar-refractivity contribution in [2.24, 2.45) is 0 Å². The van der Waals surface area contributed by atoms with E-state index in [9.17, 15) is 0 Å². The summed E-state index contributed by atoms with van der Waals surface area (Å²) in [7, 11) is 0. The quantitative estimate of drug-likeness (QED) is 0.595. The summed E-state index contributed by atoms with van der Waals surface area (Å²) >= 11 is 0. The van der Waals surface area contributed by atoms with E-state index in [2.05, 4.69) is 15.3 Å². The van der Waals surface area contributed by atoms with E-state index in [1.807, 2.05) is 6.20 Å². The van der Waals surface area contributed by atoms with E-state index >= 15 is 0 Å². The number of nitrogen functional groups attached to an aromatic ring is 1. The number of fused-ring (bicyclic) bond motifs is 1. The first-order chi connectivity index (χ1) is 5.86. The second-order valence-electron chi connectivity index (χ2n) is 2.99. The van der Waals surface area contributed by atoms with E-state index in [4.69, 9.17) is 5.73 Å². The zero-order valence-electron chi connectivity index (χ0n) is 6.88. The monoisotopic (exact) mass is 164 g/mol. The summed E-state index contributed by atoms with van der Waals surface area (Å²) in [6.45, 7) is 0.990. The van der Waals surface area contributed by atoms with Crippen LogP contribution in [0.4, 0.5) is 11.8 Å². The fourth-order valence-electron chi connectivity index (χ4n) is 1.40. The number of aromatic nitrogens is 2. The zero-order chi connectivity index (χ0) is 8.39. The zero-order valence-corrected chi connectivity index (χ0v) is 6.88. The first-order valence-electron chi connectivity index (χ1n) is 4.21. The van der Waals surface area contributed by atoms with Gasteiger partial charge in [-0.3, -0.25) is 0 Å². The van der Waals surface area contributed by atoms with Crippen LogP contribution in [0.15, 0.2) is 6.20 Å². The molecule has 0 amide bonds. The Kier molecular flexibility index (Phi) is 1.81. The van der Waals surface area contributed by atoms with Crippen molar-refractivity contribution in [1.29, 1.82) is 0 Å². The average Bonchev–Trinajstić information content (AvgIpc) is 2.28. The molecular weight excluding hydrogens is 152 g/mol. The van der Waals surface area contributed by atoms with Crippen LogP contribution in [0.2, 0.25) is 0 Å². The molecule has 64 valence electrons. The van der Waals surface area contributed by atoms with Gasteiger partial charge in [-0.2, -0.15) is 4.98 Å². The predicted molar refractivity (Wildman–Crippen MR) is 47.9 cm³/mol. The first-order valence-corrected chi connectivity index (χ1v) is 4.21. The Morgan fingerprint density at radius 2 is 2.33 bits per heavy atom. The van der Waals surface area contributed by atoms with Gasteiger partial charge in [0.1, 0.15) is 5.82 Å². The molecule has 4 nitrogen and oxygen atoms in total. The number of nitrogens with zero attached hydrogens (tertiary/aromatic N) is 2. The van der Waals surface area contributed by atoms with Gasteiger partial charge in [-0.1, -0.05) is 0 Å². The molecule has 0 saturated carbocycles. The molecule has 0 saturated heterocycles. The highest BCUT2D eigenvalue weighted by atomic mass is 15.1. The van der Waals surface area contributed by atoms with Crippen LogP contribution < -0.4 is 11.1 Å². The molecule has 0 spiro atoms. The number of rotatable bonds is 0. The van der Waals surface area contributed by atoms with Gasteiger partial charge in [0.25, 0.3) is 0 Å². The molecule has 0 bridgehead atoms. The Balaban J connectivity index is 2.36. The summed E-state index contributed by atoms with van der Waals surface area (Å²) in [6, 6.07) is 0. The summed E-state index contributed by atoms with van der Waals surface area (Å²) < 4.78 is 0. The van der Waals surface area contributed by atoms with Crippen LogP contribution in [-0.4, -0.2) is 16.5 Å². The molecule has 0 aliphatic carbocycles. The second kappa shape index (κ2) is 2.97. The van der Waals surface area contributed by atoms with Gasteiger partial charge in [0.2, 0.25) is 5.95 Å². The molecule has 1 aliphatic heterocycles. The molecule has 4 heteroatoms. The summed E-state index contributed by atoms with van der Waals surface area (Å²) in [6.07, 6.45) is 5.27. The Bertz CT molecular complexity index is 284. The van der Waals surface area contributed by atoms with Crippen LogP contribution in [0, 0.1) is 0 Å². The van der Waals surface area contributed by atoms with E-state index < -0.39 is 0 Å². The summed E-state index contributed by atoms with van der Waals surface area (Å²) in [4.78, 5) is 8.09. The third kappa shape index (κ3) is 1.32. The SMILES string of the molecule is Nc1ncc2c(n1)NCCCC2. The van der Waals surface area contributed by atoms with Crippen molar-refractivity contribution in [3.63, 3.8) is 0 Å². The van der Waals surface area contributed by atoms with Crippen molar-refractivity contribution < 1.29 is 0 Å². The lowest BCUT2D eigenvalue weighted by Crippen LogP contribution is -2.05. The van der Waals surface area contributed by atoms with E-state index in [0.717, 1.165) is 18.8 Å². The molecule has 12 heavy (non-hydrogen) atoms. The second-order valence-corrected chi connectivity index (χ2v) is 2.99. The van der Waals surface area contributed by atoms with Gasteiger partial charge in [0, 0.05) is 18.3 Å². The maximum absolute atomic E-state index is 5.47. The Labute approximate surface area is 71.2 Å². The lowest BCUT2D eigenvalue weighted by molar-refractivity contribution is 0.784. The van der Waals surface area contributed by atoms with Gasteiger partial charge in [-0.05, 0) is 19.3 Å². The van der Waals surface area contributed by atoms with Crippen molar-refractivity contribution in [1.82, 2.24) is 9.97 Å². The Morgan fingerprint density at radius 1 is 1.42 bits per heavy atom. The number of anilines is 2. The molecule has 0 radical (unpaired) electrons. The van der Waals surface area contributed by atoms with Crippen molar-refractivity contribution >= 4 is 11.8 Å². The van der Waals surface area contributed by atoms with Crippen LogP contribution in [0.1, 0.15) is 18.4 Å². The summed E-state index contributed by atoms with van der Waals surface area (Å²) in [5.74, 6) is 1.27. The fraction of sp³-hybridized carbons (Fsp3) is 0.500. The fourth-order valence-corrected chi connectivity index (χ4v) is 1.40. The molecule has 1 aromatic heterocycles. The molecule has 0 atom stereocenters. The number of nitrogens with two attached hydrogens (primary N) is 1. The van der Waals surface area contributed by atoms with E-state index in [1.54, 1.807) is 0 Å². The third-order valence-corrected chi connectivity index (χ3v) is 2.05. The number of nitrogens with one attached hydrogen (secondary N) is 1. The van der Waals surface area contributed by atoms with Gasteiger partial charge < -0.3 is 11.1 Å². The van der Waals surface area contributed by atoms with E-state index in [-0.39, 0.29) is 0 Å². The standard InChI is InChI=1S/C8H12N4/c9-8-11-5-6-3-1-2-4-10-7(6)12-8/h5H,1-4H2,(H3,9,10,11,12). The molecule has 0 unspecified atom stereocenters. The van der Waals surface area contributed by atoms with Crippen LogP contribution in [0.3, 0.4) is 0 Å². The van der Waals surface area contributed by atoms with Crippen LogP contribution in [0.5, 0.6) is 0 Å². The molecule has 1 aromatic rings. The summed E-state index contributed by atoms with van der Waals surface area (Å²) in [5, 5.41) is 3.23. The Hall–Kier alpha value is -1.32. The van der Waals surface area contributed by atoms with Gasteiger partial charge in [-0.25, -0.2) is 4.98 Å². The van der Waals surface area contributed by atoms with Crippen LogP contribution in [0.25, 0.3) is 0 Å². The summed E-state index contributed by atoms with van der Waals surface area (Å²) in [5.41, 5.74) is 6.65. The van der Waals surface area contributed by atoms with Crippen LogP contribution >= 0.6 is 0 Å². The third-order valence-electron chi connectivity index (χ3n) is 2.05. The number of aryl methyl sites for hydroxylation is 1. The molecule has 0 fully saturated rings. The minimum Gasteiger partial charge on any atom is -0.370 e. The molecule has 2 rings (SSSR count). The van der Waals surface area contributed by atoms with Crippen molar-refractivity contribution in [3.8, 4) is 0 Å². The lowest BCUT2D eigenvalue weighted by Gasteiger charge is -2.04.